The summed E-state index contributed by atoms with van der Waals surface area (Å²) in [6, 6.07) is 20.3. The highest BCUT2D eigenvalue weighted by atomic mass is 32.1. The van der Waals surface area contributed by atoms with Gasteiger partial charge in [0.15, 0.2) is 0 Å². The topological polar surface area (TPSA) is 40.5 Å². The van der Waals surface area contributed by atoms with Gasteiger partial charge in [-0.2, -0.15) is 0 Å². The van der Waals surface area contributed by atoms with Crippen molar-refractivity contribution < 1.29 is 10.2 Å². The largest absolute Gasteiger partial charge is 0.392 e. The number of benzene rings is 2. The van der Waals surface area contributed by atoms with E-state index in [-0.39, 0.29) is 13.2 Å². The lowest BCUT2D eigenvalue weighted by Gasteiger charge is -2.03. The summed E-state index contributed by atoms with van der Waals surface area (Å²) in [5, 5.41) is 19.9. The van der Waals surface area contributed by atoms with Crippen molar-refractivity contribution in [3.8, 4) is 20.9 Å². The Morgan fingerprint density at radius 3 is 1.29 bits per heavy atom. The molecule has 0 atom stereocenters. The lowest BCUT2D eigenvalue weighted by molar-refractivity contribution is 0.283. The molecular formula is C20H16O2S2. The first-order valence-corrected chi connectivity index (χ1v) is 9.36. The molecule has 120 valence electrons. The van der Waals surface area contributed by atoms with E-state index in [4.69, 9.17) is 0 Å². The Morgan fingerprint density at radius 1 is 0.583 bits per heavy atom. The number of aliphatic hydroxyl groups is 2. The normalized spacial score (nSPS) is 11.2. The third kappa shape index (κ3) is 2.48. The molecule has 24 heavy (non-hydrogen) atoms. The molecule has 0 amide bonds. The van der Waals surface area contributed by atoms with E-state index in [2.05, 4.69) is 24.3 Å². The van der Waals surface area contributed by atoms with Gasteiger partial charge in [0.25, 0.3) is 0 Å². The molecule has 4 aromatic rings. The summed E-state index contributed by atoms with van der Waals surface area (Å²) in [5.41, 5.74) is 4.14. The Hall–Kier alpha value is -1.98. The fourth-order valence-corrected chi connectivity index (χ4v) is 5.84. The molecule has 0 unspecified atom stereocenters. The van der Waals surface area contributed by atoms with Gasteiger partial charge in [-0.25, -0.2) is 0 Å². The molecule has 2 aromatic carbocycles. The number of hydrogen-bond acceptors (Lipinski definition) is 4. The first-order chi connectivity index (χ1) is 11.8. The fraction of sp³-hybridized carbons (Fsp3) is 0.100. The van der Waals surface area contributed by atoms with Gasteiger partial charge < -0.3 is 10.2 Å². The molecule has 0 saturated heterocycles. The number of fused-ring (bicyclic) bond motifs is 1. The maximum atomic E-state index is 9.96. The predicted molar refractivity (Wildman–Crippen MR) is 102 cm³/mol. The van der Waals surface area contributed by atoms with Crippen molar-refractivity contribution in [3.05, 3.63) is 71.8 Å². The van der Waals surface area contributed by atoms with Crippen molar-refractivity contribution in [1.29, 1.82) is 0 Å². The molecular weight excluding hydrogens is 336 g/mol. The van der Waals surface area contributed by atoms with Crippen LogP contribution in [0.4, 0.5) is 0 Å². The summed E-state index contributed by atoms with van der Waals surface area (Å²) in [6.07, 6.45) is 0. The van der Waals surface area contributed by atoms with Crippen molar-refractivity contribution in [3.63, 3.8) is 0 Å². The molecule has 0 radical (unpaired) electrons. The Morgan fingerprint density at radius 2 is 0.958 bits per heavy atom. The maximum absolute atomic E-state index is 9.96. The smallest absolute Gasteiger partial charge is 0.0710 e. The van der Waals surface area contributed by atoms with E-state index in [0.717, 1.165) is 41.4 Å². The van der Waals surface area contributed by atoms with Crippen LogP contribution in [0.2, 0.25) is 0 Å². The van der Waals surface area contributed by atoms with Gasteiger partial charge in [-0.1, -0.05) is 60.7 Å². The summed E-state index contributed by atoms with van der Waals surface area (Å²) < 4.78 is 2.17. The SMILES string of the molecule is OCc1c(-c2ccccc2)sc2c(CO)c(-c3ccccc3)sc12. The number of hydrogen-bond donors (Lipinski definition) is 2. The quantitative estimate of drug-likeness (QED) is 0.524. The molecule has 0 aliphatic heterocycles. The van der Waals surface area contributed by atoms with Gasteiger partial charge in [-0.05, 0) is 11.1 Å². The third-order valence-corrected chi connectivity index (χ3v) is 6.91. The van der Waals surface area contributed by atoms with Crippen LogP contribution in [-0.2, 0) is 13.2 Å². The van der Waals surface area contributed by atoms with Crippen molar-refractivity contribution in [2.45, 2.75) is 13.2 Å². The van der Waals surface area contributed by atoms with E-state index in [1.807, 2.05) is 36.4 Å². The standard InChI is InChI=1S/C20H16O2S2/c21-11-15-17(13-7-3-1-4-8-13)23-20-16(12-22)18(24-19(15)20)14-9-5-2-6-10-14/h1-10,21-22H,11-12H2. The van der Waals surface area contributed by atoms with E-state index < -0.39 is 0 Å². The van der Waals surface area contributed by atoms with Crippen LogP contribution < -0.4 is 0 Å². The summed E-state index contributed by atoms with van der Waals surface area (Å²) in [4.78, 5) is 2.18. The lowest BCUT2D eigenvalue weighted by Crippen LogP contribution is -1.83. The molecule has 0 fully saturated rings. The molecule has 4 heteroatoms. The third-order valence-electron chi connectivity index (χ3n) is 4.10. The van der Waals surface area contributed by atoms with Gasteiger partial charge in [0.2, 0.25) is 0 Å². The van der Waals surface area contributed by atoms with E-state index in [0.29, 0.717) is 0 Å². The molecule has 0 bridgehead atoms. The highest BCUT2D eigenvalue weighted by molar-refractivity contribution is 7.31. The summed E-state index contributed by atoms with van der Waals surface area (Å²) in [7, 11) is 0. The van der Waals surface area contributed by atoms with Gasteiger partial charge >= 0.3 is 0 Å². The highest BCUT2D eigenvalue weighted by Crippen LogP contribution is 2.48. The molecule has 0 aliphatic carbocycles. The monoisotopic (exact) mass is 352 g/mol. The first-order valence-electron chi connectivity index (χ1n) is 7.73. The Kier molecular flexibility index (Phi) is 4.21. The van der Waals surface area contributed by atoms with Crippen LogP contribution in [0, 0.1) is 0 Å². The second-order valence-electron chi connectivity index (χ2n) is 5.53. The van der Waals surface area contributed by atoms with Crippen LogP contribution in [0.5, 0.6) is 0 Å². The molecule has 0 saturated carbocycles. The van der Waals surface area contributed by atoms with Gasteiger partial charge in [0.1, 0.15) is 0 Å². The van der Waals surface area contributed by atoms with E-state index in [1.54, 1.807) is 22.7 Å². The maximum Gasteiger partial charge on any atom is 0.0710 e. The molecule has 2 N–H and O–H groups in total. The number of rotatable bonds is 4. The number of thiophene rings is 2. The fourth-order valence-electron chi connectivity index (χ4n) is 2.96. The minimum Gasteiger partial charge on any atom is -0.392 e. The summed E-state index contributed by atoms with van der Waals surface area (Å²) >= 11 is 3.32. The average molecular weight is 352 g/mol. The zero-order valence-electron chi connectivity index (χ0n) is 12.9. The molecule has 0 aliphatic rings. The van der Waals surface area contributed by atoms with E-state index in [1.165, 1.54) is 0 Å². The van der Waals surface area contributed by atoms with Crippen LogP contribution >= 0.6 is 22.7 Å². The van der Waals surface area contributed by atoms with E-state index in [9.17, 15) is 10.2 Å². The highest BCUT2D eigenvalue weighted by Gasteiger charge is 2.21. The van der Waals surface area contributed by atoms with Gasteiger partial charge in [-0.15, -0.1) is 22.7 Å². The zero-order chi connectivity index (χ0) is 16.5. The van der Waals surface area contributed by atoms with Crippen molar-refractivity contribution in [2.24, 2.45) is 0 Å². The molecule has 2 aromatic heterocycles. The van der Waals surface area contributed by atoms with Crippen LogP contribution in [0.15, 0.2) is 60.7 Å². The molecule has 4 rings (SSSR count). The lowest BCUT2D eigenvalue weighted by atomic mass is 10.1. The van der Waals surface area contributed by atoms with E-state index >= 15 is 0 Å². The summed E-state index contributed by atoms with van der Waals surface area (Å²) in [6.45, 7) is 0.00762. The minimum atomic E-state index is 0.00381. The van der Waals surface area contributed by atoms with Crippen LogP contribution in [0.3, 0.4) is 0 Å². The van der Waals surface area contributed by atoms with Gasteiger partial charge in [-0.3, -0.25) is 0 Å². The second kappa shape index (κ2) is 6.49. The van der Waals surface area contributed by atoms with Gasteiger partial charge in [0, 0.05) is 20.9 Å². The minimum absolute atomic E-state index is 0.00381. The predicted octanol–water partition coefficient (Wildman–Crippen LogP) is 5.28. The van der Waals surface area contributed by atoms with Crippen LogP contribution in [0.25, 0.3) is 30.3 Å². The molecule has 2 heterocycles. The van der Waals surface area contributed by atoms with Crippen molar-refractivity contribution in [1.82, 2.24) is 0 Å². The van der Waals surface area contributed by atoms with Crippen molar-refractivity contribution >= 4 is 32.1 Å². The Balaban J connectivity index is 1.97. The first kappa shape index (κ1) is 15.5. The summed E-state index contributed by atoms with van der Waals surface area (Å²) in [5.74, 6) is 0. The van der Waals surface area contributed by atoms with Crippen LogP contribution in [0.1, 0.15) is 11.1 Å². The average Bonchev–Trinajstić information content (AvgIpc) is 3.18. The second-order valence-corrected chi connectivity index (χ2v) is 7.57. The molecule has 2 nitrogen and oxygen atoms in total. The number of aliphatic hydroxyl groups excluding tert-OH is 2. The van der Waals surface area contributed by atoms with Crippen LogP contribution in [-0.4, -0.2) is 10.2 Å². The Bertz CT molecular complexity index is 888. The zero-order valence-corrected chi connectivity index (χ0v) is 14.5. The van der Waals surface area contributed by atoms with Crippen molar-refractivity contribution in [2.75, 3.05) is 0 Å². The Labute approximate surface area is 148 Å². The molecule has 0 spiro atoms. The van der Waals surface area contributed by atoms with Gasteiger partial charge in [0.05, 0.1) is 22.6 Å².